The van der Waals surface area contributed by atoms with Crippen LogP contribution >= 0.6 is 0 Å². The number of carboxylic acid groups (broad SMARTS) is 1. The lowest BCUT2D eigenvalue weighted by Gasteiger charge is -2.19. The molecule has 0 radical (unpaired) electrons. The van der Waals surface area contributed by atoms with E-state index in [1.54, 1.807) is 0 Å². The Morgan fingerprint density at radius 3 is 2.62 bits per heavy atom. The Balaban J connectivity index is 3.41. The lowest BCUT2D eigenvalue weighted by molar-refractivity contribution is -0.137. The third-order valence-electron chi connectivity index (χ3n) is 1.99. The molecule has 78 valence electrons. The van der Waals surface area contributed by atoms with Crippen LogP contribution in [0.1, 0.15) is 19.8 Å². The van der Waals surface area contributed by atoms with Gasteiger partial charge in [0.15, 0.2) is 0 Å². The molecule has 0 aromatic heterocycles. The standard InChI is InChI=1S/C9H20N2O2/c1-3-11(8-6-10-2)7-4-5-9(12)13/h10H,3-8H2,1-2H3,(H,12,13). The minimum atomic E-state index is -0.704. The van der Waals surface area contributed by atoms with E-state index in [0.717, 1.165) is 32.6 Å². The number of carboxylic acids is 1. The number of aliphatic carboxylic acids is 1. The molecule has 0 unspecified atom stereocenters. The van der Waals surface area contributed by atoms with Gasteiger partial charge in [0.05, 0.1) is 0 Å². The first-order valence-electron chi connectivity index (χ1n) is 4.79. The number of carbonyl (C=O) groups is 1. The Kier molecular flexibility index (Phi) is 7.63. The molecular formula is C9H20N2O2. The number of nitrogens with zero attached hydrogens (tertiary/aromatic N) is 1. The summed E-state index contributed by atoms with van der Waals surface area (Å²) in [6, 6.07) is 0. The van der Waals surface area contributed by atoms with Gasteiger partial charge in [0.1, 0.15) is 0 Å². The predicted molar refractivity (Wildman–Crippen MR) is 52.9 cm³/mol. The van der Waals surface area contributed by atoms with E-state index in [0.29, 0.717) is 0 Å². The molecule has 0 heterocycles. The molecule has 2 N–H and O–H groups in total. The quantitative estimate of drug-likeness (QED) is 0.578. The summed E-state index contributed by atoms with van der Waals surface area (Å²) in [5.41, 5.74) is 0. The molecule has 0 atom stereocenters. The van der Waals surface area contributed by atoms with Gasteiger partial charge >= 0.3 is 5.97 Å². The van der Waals surface area contributed by atoms with Gasteiger partial charge in [-0.25, -0.2) is 0 Å². The fourth-order valence-corrected chi connectivity index (χ4v) is 1.15. The zero-order chi connectivity index (χ0) is 10.1. The van der Waals surface area contributed by atoms with Gasteiger partial charge < -0.3 is 15.3 Å². The average molecular weight is 188 g/mol. The molecular weight excluding hydrogens is 168 g/mol. The predicted octanol–water partition coefficient (Wildman–Crippen LogP) is 0.393. The zero-order valence-corrected chi connectivity index (χ0v) is 8.55. The SMILES string of the molecule is CCN(CCCC(=O)O)CCNC. The molecule has 0 aliphatic carbocycles. The Morgan fingerprint density at radius 1 is 1.46 bits per heavy atom. The third-order valence-corrected chi connectivity index (χ3v) is 1.99. The fraction of sp³-hybridized carbons (Fsp3) is 0.889. The van der Waals surface area contributed by atoms with Crippen molar-refractivity contribution in [1.29, 1.82) is 0 Å². The number of likely N-dealkylation sites (N-methyl/N-ethyl adjacent to an activating group) is 2. The molecule has 4 nitrogen and oxygen atoms in total. The van der Waals surface area contributed by atoms with Crippen molar-refractivity contribution in [2.75, 3.05) is 33.2 Å². The monoisotopic (exact) mass is 188 g/mol. The number of nitrogens with one attached hydrogen (secondary N) is 1. The van der Waals surface area contributed by atoms with Crippen LogP contribution in [-0.4, -0.2) is 49.2 Å². The maximum Gasteiger partial charge on any atom is 0.303 e. The fourth-order valence-electron chi connectivity index (χ4n) is 1.15. The molecule has 0 bridgehead atoms. The Bertz CT molecular complexity index is 140. The molecule has 0 saturated carbocycles. The molecule has 0 aromatic rings. The second-order valence-electron chi connectivity index (χ2n) is 3.04. The molecule has 0 fully saturated rings. The average Bonchev–Trinajstić information content (AvgIpc) is 2.10. The van der Waals surface area contributed by atoms with Crippen LogP contribution in [0, 0.1) is 0 Å². The number of rotatable bonds is 8. The largest absolute Gasteiger partial charge is 0.481 e. The summed E-state index contributed by atoms with van der Waals surface area (Å²) in [6.07, 6.45) is 1.02. The summed E-state index contributed by atoms with van der Waals surface area (Å²) in [5.74, 6) is -0.704. The molecule has 0 amide bonds. The lowest BCUT2D eigenvalue weighted by atomic mass is 10.3. The smallest absolute Gasteiger partial charge is 0.303 e. The lowest BCUT2D eigenvalue weighted by Crippen LogP contribution is -2.31. The first kappa shape index (κ1) is 12.4. The minimum absolute atomic E-state index is 0.274. The maximum atomic E-state index is 10.3. The van der Waals surface area contributed by atoms with Crippen LogP contribution in [0.2, 0.25) is 0 Å². The van der Waals surface area contributed by atoms with Crippen molar-refractivity contribution in [3.8, 4) is 0 Å². The van der Waals surface area contributed by atoms with Crippen LogP contribution in [0.3, 0.4) is 0 Å². The van der Waals surface area contributed by atoms with Crippen molar-refractivity contribution in [3.05, 3.63) is 0 Å². The zero-order valence-electron chi connectivity index (χ0n) is 8.55. The van der Waals surface area contributed by atoms with Gasteiger partial charge in [0.25, 0.3) is 0 Å². The van der Waals surface area contributed by atoms with E-state index in [2.05, 4.69) is 17.1 Å². The van der Waals surface area contributed by atoms with Crippen LogP contribution in [0.4, 0.5) is 0 Å². The molecule has 0 aliphatic rings. The van der Waals surface area contributed by atoms with Crippen molar-refractivity contribution in [3.63, 3.8) is 0 Å². The topological polar surface area (TPSA) is 52.6 Å². The van der Waals surface area contributed by atoms with Crippen molar-refractivity contribution in [1.82, 2.24) is 10.2 Å². The van der Waals surface area contributed by atoms with E-state index in [1.165, 1.54) is 0 Å². The van der Waals surface area contributed by atoms with Gasteiger partial charge in [0.2, 0.25) is 0 Å². The molecule has 0 aromatic carbocycles. The summed E-state index contributed by atoms with van der Waals surface area (Å²) in [4.78, 5) is 12.5. The highest BCUT2D eigenvalue weighted by molar-refractivity contribution is 5.66. The third kappa shape index (κ3) is 7.74. The normalized spacial score (nSPS) is 10.7. The molecule has 0 saturated heterocycles. The molecule has 4 heteroatoms. The molecule has 0 aliphatic heterocycles. The Morgan fingerprint density at radius 2 is 2.15 bits per heavy atom. The number of hydrogen-bond acceptors (Lipinski definition) is 3. The van der Waals surface area contributed by atoms with Crippen molar-refractivity contribution in [2.24, 2.45) is 0 Å². The van der Waals surface area contributed by atoms with Crippen molar-refractivity contribution >= 4 is 5.97 Å². The first-order valence-corrected chi connectivity index (χ1v) is 4.79. The van der Waals surface area contributed by atoms with Crippen LogP contribution in [-0.2, 0) is 4.79 Å². The summed E-state index contributed by atoms with van der Waals surface area (Å²) in [5, 5.41) is 11.5. The van der Waals surface area contributed by atoms with E-state index >= 15 is 0 Å². The van der Waals surface area contributed by atoms with E-state index in [-0.39, 0.29) is 6.42 Å². The molecule has 0 spiro atoms. The summed E-state index contributed by atoms with van der Waals surface area (Å²) < 4.78 is 0. The van der Waals surface area contributed by atoms with E-state index in [1.807, 2.05) is 7.05 Å². The highest BCUT2D eigenvalue weighted by atomic mass is 16.4. The van der Waals surface area contributed by atoms with Crippen LogP contribution in [0.15, 0.2) is 0 Å². The van der Waals surface area contributed by atoms with E-state index in [9.17, 15) is 4.79 Å². The van der Waals surface area contributed by atoms with E-state index in [4.69, 9.17) is 5.11 Å². The Labute approximate surface area is 79.9 Å². The highest BCUT2D eigenvalue weighted by Crippen LogP contribution is 1.94. The second-order valence-corrected chi connectivity index (χ2v) is 3.04. The van der Waals surface area contributed by atoms with E-state index < -0.39 is 5.97 Å². The maximum absolute atomic E-state index is 10.3. The van der Waals surface area contributed by atoms with Gasteiger partial charge in [-0.1, -0.05) is 6.92 Å². The van der Waals surface area contributed by atoms with Crippen LogP contribution < -0.4 is 5.32 Å². The van der Waals surface area contributed by atoms with Gasteiger partial charge in [-0.05, 0) is 26.6 Å². The molecule has 13 heavy (non-hydrogen) atoms. The van der Waals surface area contributed by atoms with Crippen molar-refractivity contribution in [2.45, 2.75) is 19.8 Å². The second kappa shape index (κ2) is 8.01. The van der Waals surface area contributed by atoms with Gasteiger partial charge in [-0.3, -0.25) is 4.79 Å². The van der Waals surface area contributed by atoms with Gasteiger partial charge in [-0.15, -0.1) is 0 Å². The summed E-state index contributed by atoms with van der Waals surface area (Å²) in [7, 11) is 1.92. The first-order chi connectivity index (χ1) is 6.20. The molecule has 0 rings (SSSR count). The van der Waals surface area contributed by atoms with Crippen LogP contribution in [0.5, 0.6) is 0 Å². The minimum Gasteiger partial charge on any atom is -0.481 e. The van der Waals surface area contributed by atoms with Crippen molar-refractivity contribution < 1.29 is 9.90 Å². The Hall–Kier alpha value is -0.610. The number of hydrogen-bond donors (Lipinski definition) is 2. The summed E-state index contributed by atoms with van der Waals surface area (Å²) in [6.45, 7) is 5.91. The summed E-state index contributed by atoms with van der Waals surface area (Å²) >= 11 is 0. The van der Waals surface area contributed by atoms with Crippen LogP contribution in [0.25, 0.3) is 0 Å². The van der Waals surface area contributed by atoms with Gasteiger partial charge in [-0.2, -0.15) is 0 Å². The van der Waals surface area contributed by atoms with Gasteiger partial charge in [0, 0.05) is 19.5 Å². The highest BCUT2D eigenvalue weighted by Gasteiger charge is 2.02.